The molecule has 4 atom stereocenters. The summed E-state index contributed by atoms with van der Waals surface area (Å²) in [6.07, 6.45) is -0.887. The van der Waals surface area contributed by atoms with E-state index in [4.69, 9.17) is 14.2 Å². The number of nitrogens with zero attached hydrogens (tertiary/aromatic N) is 2. The van der Waals surface area contributed by atoms with Crippen LogP contribution in [0.5, 0.6) is 17.2 Å². The molecule has 0 aromatic heterocycles. The van der Waals surface area contributed by atoms with Crippen molar-refractivity contribution in [2.75, 3.05) is 13.6 Å². The molecule has 1 spiro atoms. The zero-order chi connectivity index (χ0) is 25.1. The molecule has 0 radical (unpaired) electrons. The summed E-state index contributed by atoms with van der Waals surface area (Å²) in [5.41, 5.74) is -0.758. The largest absolute Gasteiger partial charge is 0.519 e. The van der Waals surface area contributed by atoms with Gasteiger partial charge < -0.3 is 24.2 Å². The number of nitro benzene ring substituents is 1. The van der Waals surface area contributed by atoms with Crippen LogP contribution in [0.15, 0.2) is 36.4 Å². The van der Waals surface area contributed by atoms with Gasteiger partial charge in [0.05, 0.1) is 15.9 Å². The van der Waals surface area contributed by atoms with Gasteiger partial charge in [-0.2, -0.15) is 0 Å². The van der Waals surface area contributed by atoms with Crippen molar-refractivity contribution in [1.82, 2.24) is 4.90 Å². The lowest BCUT2D eigenvalue weighted by Gasteiger charge is -2.58. The van der Waals surface area contributed by atoms with E-state index in [0.717, 1.165) is 5.56 Å². The van der Waals surface area contributed by atoms with Gasteiger partial charge in [0.15, 0.2) is 23.4 Å². The molecule has 0 bridgehead atoms. The predicted molar refractivity (Wildman–Crippen MR) is 123 cm³/mol. The van der Waals surface area contributed by atoms with Gasteiger partial charge >= 0.3 is 6.16 Å². The van der Waals surface area contributed by atoms with Crippen molar-refractivity contribution in [1.29, 1.82) is 0 Å². The van der Waals surface area contributed by atoms with Gasteiger partial charge in [0.25, 0.3) is 5.69 Å². The Kier molecular flexibility index (Phi) is 5.33. The summed E-state index contributed by atoms with van der Waals surface area (Å²) >= 11 is 0. The summed E-state index contributed by atoms with van der Waals surface area (Å²) in [4.78, 5) is 38.0. The highest BCUT2D eigenvalue weighted by molar-refractivity contribution is 5.89. The second-order valence-electron chi connectivity index (χ2n) is 9.56. The maximum atomic E-state index is 13.1. The molecule has 2 aromatic carbocycles. The Morgan fingerprint density at radius 1 is 1.20 bits per heavy atom. The van der Waals surface area contributed by atoms with Crippen LogP contribution in [0.4, 0.5) is 10.5 Å². The third-order valence-electron chi connectivity index (χ3n) is 7.93. The maximum Gasteiger partial charge on any atom is 0.519 e. The standard InChI is InChI=1S/C25H26N2O8/c1-14-4-9-19(34-23(29)33-17-7-5-16(6-8-17)27(31)32)21-20(14)24-12-13-26(3)15(2)25(24,30)11-10-18(28)22(24)35-21/h4-9,15,22,30H,10-13H2,1-3H3/t15-,22+,24+,25-/m1/s1. The minimum Gasteiger partial charge on any atom is -0.477 e. The predicted octanol–water partition coefficient (Wildman–Crippen LogP) is 3.30. The second-order valence-corrected chi connectivity index (χ2v) is 9.56. The summed E-state index contributed by atoms with van der Waals surface area (Å²) < 4.78 is 16.8. The van der Waals surface area contributed by atoms with Gasteiger partial charge in [-0.05, 0) is 64.0 Å². The number of aliphatic hydroxyl groups is 1. The lowest BCUT2D eigenvalue weighted by atomic mass is 9.52. The summed E-state index contributed by atoms with van der Waals surface area (Å²) in [5, 5.41) is 22.9. The number of carbonyl (C=O) groups excluding carboxylic acids is 2. The number of aryl methyl sites for hydroxylation is 1. The molecule has 5 rings (SSSR count). The molecule has 1 N–H and O–H groups in total. The van der Waals surface area contributed by atoms with Crippen LogP contribution < -0.4 is 14.2 Å². The molecule has 0 unspecified atom stereocenters. The Labute approximate surface area is 201 Å². The van der Waals surface area contributed by atoms with E-state index in [1.54, 1.807) is 12.1 Å². The average molecular weight is 482 g/mol. The van der Waals surface area contributed by atoms with E-state index < -0.39 is 28.2 Å². The van der Waals surface area contributed by atoms with E-state index in [1.807, 2.05) is 20.9 Å². The molecule has 10 nitrogen and oxygen atoms in total. The highest BCUT2D eigenvalue weighted by atomic mass is 16.7. The zero-order valence-electron chi connectivity index (χ0n) is 19.6. The van der Waals surface area contributed by atoms with Gasteiger partial charge in [-0.25, -0.2) is 4.79 Å². The van der Waals surface area contributed by atoms with Crippen LogP contribution in [0.2, 0.25) is 0 Å². The molecule has 10 heteroatoms. The first-order valence-electron chi connectivity index (χ1n) is 11.5. The SMILES string of the molecule is Cc1ccc(OC(=O)Oc2ccc([N+](=O)[O-])cc2)c2c1[C@]13CCN(C)[C@H](C)[C@]1(O)CCC(=O)[C@@H]3O2. The summed E-state index contributed by atoms with van der Waals surface area (Å²) in [5.74, 6) is 0.344. The van der Waals surface area contributed by atoms with E-state index in [0.29, 0.717) is 24.9 Å². The number of piperidine rings is 1. The first-order chi connectivity index (χ1) is 16.6. The van der Waals surface area contributed by atoms with Crippen molar-refractivity contribution < 1.29 is 33.8 Å². The Hall–Kier alpha value is -3.50. The van der Waals surface area contributed by atoms with Gasteiger partial charge in [-0.1, -0.05) is 6.07 Å². The fraction of sp³-hybridized carbons (Fsp3) is 0.440. The lowest BCUT2D eigenvalue weighted by Crippen LogP contribution is -2.73. The first-order valence-corrected chi connectivity index (χ1v) is 11.5. The molecule has 1 saturated heterocycles. The Bertz CT molecular complexity index is 1230. The number of non-ortho nitro benzene ring substituents is 1. The Morgan fingerprint density at radius 3 is 2.60 bits per heavy atom. The summed E-state index contributed by atoms with van der Waals surface area (Å²) in [6, 6.07) is 8.15. The topological polar surface area (TPSA) is 128 Å². The average Bonchev–Trinajstić information content (AvgIpc) is 3.19. The van der Waals surface area contributed by atoms with Crippen LogP contribution in [-0.4, -0.2) is 58.2 Å². The van der Waals surface area contributed by atoms with E-state index in [2.05, 4.69) is 4.90 Å². The molecule has 1 aliphatic carbocycles. The number of benzene rings is 2. The van der Waals surface area contributed by atoms with Gasteiger partial charge in [-0.15, -0.1) is 0 Å². The lowest BCUT2D eigenvalue weighted by molar-refractivity contribution is -0.384. The molecule has 0 amide bonds. The molecule has 1 saturated carbocycles. The molecule has 2 fully saturated rings. The van der Waals surface area contributed by atoms with Crippen molar-refractivity contribution in [3.8, 4) is 17.2 Å². The van der Waals surface area contributed by atoms with Crippen LogP contribution in [0.25, 0.3) is 0 Å². The fourth-order valence-corrected chi connectivity index (χ4v) is 6.02. The van der Waals surface area contributed by atoms with Crippen molar-refractivity contribution in [2.24, 2.45) is 0 Å². The monoisotopic (exact) mass is 482 g/mol. The number of ketones is 1. The minimum absolute atomic E-state index is 0.0752. The van der Waals surface area contributed by atoms with Crippen molar-refractivity contribution in [3.63, 3.8) is 0 Å². The zero-order valence-corrected chi connectivity index (χ0v) is 19.6. The number of ether oxygens (including phenoxy) is 3. The fourth-order valence-electron chi connectivity index (χ4n) is 6.02. The minimum atomic E-state index is -1.20. The van der Waals surface area contributed by atoms with E-state index in [9.17, 15) is 24.8 Å². The molecule has 2 aromatic rings. The number of fused-ring (bicyclic) bond motifs is 1. The third-order valence-corrected chi connectivity index (χ3v) is 7.93. The number of Topliss-reactive ketones (excluding diaryl/α,β-unsaturated/α-hetero) is 1. The number of hydrogen-bond donors (Lipinski definition) is 1. The van der Waals surface area contributed by atoms with Gasteiger partial charge in [0.2, 0.25) is 0 Å². The van der Waals surface area contributed by atoms with Gasteiger partial charge in [0, 0.05) is 30.2 Å². The van der Waals surface area contributed by atoms with Crippen LogP contribution in [0.3, 0.4) is 0 Å². The number of nitro groups is 1. The Balaban J connectivity index is 1.50. The van der Waals surface area contributed by atoms with Crippen molar-refractivity contribution in [2.45, 2.75) is 56.3 Å². The van der Waals surface area contributed by atoms with Gasteiger partial charge in [-0.3, -0.25) is 14.9 Å². The second kappa shape index (κ2) is 8.03. The highest BCUT2D eigenvalue weighted by Crippen LogP contribution is 2.61. The number of likely N-dealkylation sites (tertiary alicyclic amines) is 1. The number of hydrogen-bond acceptors (Lipinski definition) is 9. The van der Waals surface area contributed by atoms with Crippen molar-refractivity contribution >= 4 is 17.6 Å². The molecule has 2 heterocycles. The maximum absolute atomic E-state index is 13.1. The molecule has 35 heavy (non-hydrogen) atoms. The molecular weight excluding hydrogens is 456 g/mol. The van der Waals surface area contributed by atoms with Crippen molar-refractivity contribution in [3.05, 3.63) is 57.6 Å². The molecular formula is C25H26N2O8. The number of rotatable bonds is 3. The number of carbonyl (C=O) groups is 2. The molecule has 3 aliphatic rings. The normalized spacial score (nSPS) is 29.4. The summed E-state index contributed by atoms with van der Waals surface area (Å²) in [6.45, 7) is 4.52. The van der Waals surface area contributed by atoms with Crippen LogP contribution in [0.1, 0.15) is 37.3 Å². The Morgan fingerprint density at radius 2 is 1.91 bits per heavy atom. The summed E-state index contributed by atoms with van der Waals surface area (Å²) in [7, 11) is 1.96. The van der Waals surface area contributed by atoms with E-state index >= 15 is 0 Å². The van der Waals surface area contributed by atoms with Crippen LogP contribution >= 0.6 is 0 Å². The van der Waals surface area contributed by atoms with E-state index in [1.165, 1.54) is 24.3 Å². The third kappa shape index (κ3) is 3.31. The highest BCUT2D eigenvalue weighted by Gasteiger charge is 2.70. The van der Waals surface area contributed by atoms with E-state index in [-0.39, 0.29) is 41.2 Å². The van der Waals surface area contributed by atoms with Crippen LogP contribution in [0, 0.1) is 17.0 Å². The van der Waals surface area contributed by atoms with Crippen LogP contribution in [-0.2, 0) is 10.2 Å². The van der Waals surface area contributed by atoms with Gasteiger partial charge in [0.1, 0.15) is 5.75 Å². The molecule has 2 aliphatic heterocycles. The number of likely N-dealkylation sites (N-methyl/N-ethyl adjacent to an activating group) is 1. The smallest absolute Gasteiger partial charge is 0.477 e. The first kappa shape index (κ1) is 23.3. The molecule has 184 valence electrons. The quantitative estimate of drug-likeness (QED) is 0.303.